The molecule has 0 heterocycles. The maximum absolute atomic E-state index is 12.9. The lowest BCUT2D eigenvalue weighted by Gasteiger charge is -2.17. The molecular formula is C34H50N2O6. The van der Waals surface area contributed by atoms with Crippen LogP contribution in [0.5, 0.6) is 11.5 Å². The van der Waals surface area contributed by atoms with Crippen molar-refractivity contribution in [1.82, 2.24) is 0 Å². The molecule has 1 unspecified atom stereocenters. The molecule has 0 spiro atoms. The Morgan fingerprint density at radius 2 is 1.14 bits per heavy atom. The molecule has 8 nitrogen and oxygen atoms in total. The van der Waals surface area contributed by atoms with Crippen LogP contribution < -0.4 is 20.1 Å². The average molecular weight is 583 g/mol. The predicted octanol–water partition coefficient (Wildman–Crippen LogP) is 8.01. The maximum atomic E-state index is 12.9. The predicted molar refractivity (Wildman–Crippen MR) is 168 cm³/mol. The molecule has 232 valence electrons. The first-order valence-corrected chi connectivity index (χ1v) is 15.5. The first-order chi connectivity index (χ1) is 20.4. The van der Waals surface area contributed by atoms with Crippen molar-refractivity contribution in [3.8, 4) is 11.5 Å². The average Bonchev–Trinajstić information content (AvgIpc) is 2.98. The van der Waals surface area contributed by atoms with Gasteiger partial charge in [-0.3, -0.25) is 14.4 Å². The van der Waals surface area contributed by atoms with Gasteiger partial charge in [-0.25, -0.2) is 0 Å². The Labute approximate surface area is 251 Å². The van der Waals surface area contributed by atoms with Gasteiger partial charge in [0.25, 0.3) is 0 Å². The number of carboxylic acid groups (broad SMARTS) is 1. The van der Waals surface area contributed by atoms with Crippen LogP contribution in [0.25, 0.3) is 0 Å². The number of methoxy groups -OCH3 is 2. The molecule has 2 rings (SSSR count). The second-order valence-electron chi connectivity index (χ2n) is 10.8. The number of carbonyl (C=O) groups is 3. The second-order valence-corrected chi connectivity index (χ2v) is 10.8. The number of ether oxygens (including phenoxy) is 2. The number of aliphatic carboxylic acids is 1. The van der Waals surface area contributed by atoms with Crippen molar-refractivity contribution in [2.45, 2.75) is 103 Å². The largest absolute Gasteiger partial charge is 0.496 e. The summed E-state index contributed by atoms with van der Waals surface area (Å²) in [5.74, 6) is -2.40. The Kier molecular flexibility index (Phi) is 16.8. The summed E-state index contributed by atoms with van der Waals surface area (Å²) in [5.41, 5.74) is 1.57. The van der Waals surface area contributed by atoms with E-state index in [-0.39, 0.29) is 12.3 Å². The molecule has 0 aliphatic carbocycles. The standard InChI is InChI=1S/C34H50N2O6/c1-4-5-6-7-8-9-10-11-12-13-14-15-16-20-32(37)35-26-21-23-27(24-22-26)36-33(38)29(34(39)40)25-28-30(41-2)18-17-19-31(28)42-3/h17-19,21-24,29H,4-16,20,25H2,1-3H3,(H,35,37)(H,36,38)(H,39,40). The van der Waals surface area contributed by atoms with Crippen LogP contribution in [-0.2, 0) is 20.8 Å². The summed E-state index contributed by atoms with van der Waals surface area (Å²) in [6.07, 6.45) is 16.8. The van der Waals surface area contributed by atoms with Gasteiger partial charge < -0.3 is 25.2 Å². The van der Waals surface area contributed by atoms with Gasteiger partial charge in [-0.05, 0) is 42.8 Å². The summed E-state index contributed by atoms with van der Waals surface area (Å²) in [7, 11) is 2.96. The lowest BCUT2D eigenvalue weighted by atomic mass is 9.96. The van der Waals surface area contributed by atoms with E-state index in [2.05, 4.69) is 17.6 Å². The minimum Gasteiger partial charge on any atom is -0.496 e. The molecule has 0 radical (unpaired) electrons. The van der Waals surface area contributed by atoms with Gasteiger partial charge in [-0.2, -0.15) is 0 Å². The topological polar surface area (TPSA) is 114 Å². The summed E-state index contributed by atoms with van der Waals surface area (Å²) in [4.78, 5) is 37.2. The fourth-order valence-electron chi connectivity index (χ4n) is 5.02. The third-order valence-corrected chi connectivity index (χ3v) is 7.50. The van der Waals surface area contributed by atoms with Crippen molar-refractivity contribution in [1.29, 1.82) is 0 Å². The second kappa shape index (κ2) is 20.3. The molecule has 42 heavy (non-hydrogen) atoms. The number of amides is 2. The quantitative estimate of drug-likeness (QED) is 0.0957. The van der Waals surface area contributed by atoms with Gasteiger partial charge in [0, 0.05) is 29.8 Å². The molecule has 2 aromatic carbocycles. The van der Waals surface area contributed by atoms with Crippen LogP contribution in [0.4, 0.5) is 11.4 Å². The highest BCUT2D eigenvalue weighted by Crippen LogP contribution is 2.31. The van der Waals surface area contributed by atoms with Crippen molar-refractivity contribution in [3.05, 3.63) is 48.0 Å². The number of carbonyl (C=O) groups excluding carboxylic acids is 2. The number of nitrogens with one attached hydrogen (secondary N) is 2. The minimum absolute atomic E-state index is 0.0356. The number of rotatable bonds is 22. The van der Waals surface area contributed by atoms with Crippen LogP contribution >= 0.6 is 0 Å². The smallest absolute Gasteiger partial charge is 0.316 e. The third-order valence-electron chi connectivity index (χ3n) is 7.50. The first kappa shape index (κ1) is 34.7. The van der Waals surface area contributed by atoms with Crippen LogP contribution in [0.15, 0.2) is 42.5 Å². The van der Waals surface area contributed by atoms with E-state index < -0.39 is 17.8 Å². The Morgan fingerprint density at radius 1 is 0.690 bits per heavy atom. The number of carboxylic acids is 1. The van der Waals surface area contributed by atoms with Crippen molar-refractivity contribution in [3.63, 3.8) is 0 Å². The number of hydrogen-bond donors (Lipinski definition) is 3. The molecule has 2 amide bonds. The Hall–Kier alpha value is -3.55. The highest BCUT2D eigenvalue weighted by atomic mass is 16.5. The van der Waals surface area contributed by atoms with E-state index in [9.17, 15) is 19.5 Å². The Bertz CT molecular complexity index is 1060. The normalized spacial score (nSPS) is 11.5. The zero-order valence-corrected chi connectivity index (χ0v) is 25.7. The SMILES string of the molecule is CCCCCCCCCCCCCCCC(=O)Nc1ccc(NC(=O)C(Cc2c(OC)cccc2OC)C(=O)O)cc1. The molecule has 0 aliphatic rings. The summed E-state index contributed by atoms with van der Waals surface area (Å²) >= 11 is 0. The molecule has 0 saturated heterocycles. The van der Waals surface area contributed by atoms with Crippen LogP contribution in [0, 0.1) is 5.92 Å². The van der Waals surface area contributed by atoms with Crippen molar-refractivity contribution < 1.29 is 29.0 Å². The van der Waals surface area contributed by atoms with Crippen molar-refractivity contribution in [2.75, 3.05) is 24.9 Å². The van der Waals surface area contributed by atoms with E-state index in [0.717, 1.165) is 12.8 Å². The summed E-state index contributed by atoms with van der Waals surface area (Å²) in [5, 5.41) is 15.3. The molecule has 0 bridgehead atoms. The van der Waals surface area contributed by atoms with Gasteiger partial charge in [0.05, 0.1) is 14.2 Å². The fourth-order valence-corrected chi connectivity index (χ4v) is 5.02. The minimum atomic E-state index is -1.35. The van der Waals surface area contributed by atoms with E-state index in [1.54, 1.807) is 42.5 Å². The molecule has 8 heteroatoms. The number of benzene rings is 2. The van der Waals surface area contributed by atoms with E-state index in [1.165, 1.54) is 84.8 Å². The van der Waals surface area contributed by atoms with Crippen LogP contribution in [0.3, 0.4) is 0 Å². The van der Waals surface area contributed by atoms with Crippen molar-refractivity contribution >= 4 is 29.2 Å². The van der Waals surface area contributed by atoms with Crippen LogP contribution in [0.1, 0.15) is 102 Å². The number of anilines is 2. The third kappa shape index (κ3) is 13.0. The zero-order chi connectivity index (χ0) is 30.6. The van der Waals surface area contributed by atoms with Gasteiger partial charge in [0.2, 0.25) is 11.8 Å². The van der Waals surface area contributed by atoms with Gasteiger partial charge in [0.1, 0.15) is 17.4 Å². The molecule has 3 N–H and O–H groups in total. The molecule has 0 saturated carbocycles. The zero-order valence-electron chi connectivity index (χ0n) is 25.7. The molecular weight excluding hydrogens is 532 g/mol. The van der Waals surface area contributed by atoms with Crippen LogP contribution in [-0.4, -0.2) is 37.1 Å². The lowest BCUT2D eigenvalue weighted by molar-refractivity contribution is -0.145. The molecule has 1 atom stereocenters. The molecule has 2 aromatic rings. The fraction of sp³-hybridized carbons (Fsp3) is 0.559. The Morgan fingerprint density at radius 3 is 1.60 bits per heavy atom. The maximum Gasteiger partial charge on any atom is 0.316 e. The van der Waals surface area contributed by atoms with E-state index in [1.807, 2.05) is 0 Å². The number of unbranched alkanes of at least 4 members (excludes halogenated alkanes) is 12. The van der Waals surface area contributed by atoms with Gasteiger partial charge >= 0.3 is 5.97 Å². The Balaban J connectivity index is 1.70. The summed E-state index contributed by atoms with van der Waals surface area (Å²) < 4.78 is 10.7. The molecule has 0 fully saturated rings. The molecule has 0 aromatic heterocycles. The highest BCUT2D eigenvalue weighted by molar-refractivity contribution is 6.04. The number of hydrogen-bond acceptors (Lipinski definition) is 5. The molecule has 0 aliphatic heterocycles. The summed E-state index contributed by atoms with van der Waals surface area (Å²) in [6, 6.07) is 11.8. The van der Waals surface area contributed by atoms with E-state index >= 15 is 0 Å². The van der Waals surface area contributed by atoms with Crippen LogP contribution in [0.2, 0.25) is 0 Å². The van der Waals surface area contributed by atoms with Gasteiger partial charge in [-0.15, -0.1) is 0 Å². The van der Waals surface area contributed by atoms with E-state index in [0.29, 0.717) is 34.9 Å². The van der Waals surface area contributed by atoms with Gasteiger partial charge in [0.15, 0.2) is 0 Å². The monoisotopic (exact) mass is 582 g/mol. The van der Waals surface area contributed by atoms with Crippen molar-refractivity contribution in [2.24, 2.45) is 5.92 Å². The first-order valence-electron chi connectivity index (χ1n) is 15.5. The highest BCUT2D eigenvalue weighted by Gasteiger charge is 2.29. The lowest BCUT2D eigenvalue weighted by Crippen LogP contribution is -2.31. The van der Waals surface area contributed by atoms with E-state index in [4.69, 9.17) is 9.47 Å². The van der Waals surface area contributed by atoms with Gasteiger partial charge in [-0.1, -0.05) is 90.0 Å². The summed E-state index contributed by atoms with van der Waals surface area (Å²) in [6.45, 7) is 2.25.